The Hall–Kier alpha value is -0.320. The third-order valence-electron chi connectivity index (χ3n) is 27.4. The molecule has 9 fully saturated rings. The maximum atomic E-state index is 2.84. The SMILES string of the molecule is CC(C)C1CCCN(C(C)C)C1.CC(C)CC12CCC(CC1)N2C(C)C.CC(C)CC1CCCCN1C(C)C.CC(C)CC1CCCN(C(C)C)C1.CC(C)CC1CCN(C(C)C)CC1.CC(C)CCC1CCCCN1C(C)C.CC(C)CCC1CCCN(C(C)C)C1.CC(C)N1CCCC(C)(C(C)C)C1. The smallest absolute Gasteiger partial charge is 0.0218 e. The Morgan fingerprint density at radius 3 is 1.16 bits per heavy atom. The van der Waals surface area contributed by atoms with Crippen LogP contribution >= 0.6 is 0 Å². The highest BCUT2D eigenvalue weighted by Gasteiger charge is 2.52. The van der Waals surface area contributed by atoms with Gasteiger partial charge in [-0.25, -0.2) is 0 Å². The molecular weight excluding hydrogens is 1290 g/mol. The van der Waals surface area contributed by atoms with Crippen LogP contribution in [0.3, 0.4) is 0 Å². The molecule has 2 bridgehead atoms. The molecule has 9 aliphatic rings. The summed E-state index contributed by atoms with van der Waals surface area (Å²) in [5, 5.41) is 0. The van der Waals surface area contributed by atoms with Crippen LogP contribution in [0.4, 0.5) is 0 Å². The maximum absolute atomic E-state index is 2.84. The molecule has 0 aromatic carbocycles. The summed E-state index contributed by atoms with van der Waals surface area (Å²) < 4.78 is 0. The lowest BCUT2D eigenvalue weighted by Gasteiger charge is -2.45. The first-order valence-electron chi connectivity index (χ1n) is 47.6. The number of hydrogen-bond acceptors (Lipinski definition) is 8. The van der Waals surface area contributed by atoms with Crippen molar-refractivity contribution in [1.82, 2.24) is 39.2 Å². The lowest BCUT2D eigenvalue weighted by molar-refractivity contribution is 0.0450. The third kappa shape index (κ3) is 40.3. The number of rotatable bonds is 24. The van der Waals surface area contributed by atoms with Crippen molar-refractivity contribution >= 4 is 0 Å². The average Bonchev–Trinajstić information content (AvgIpc) is 1.60. The normalized spacial score (nSPS) is 27.5. The van der Waals surface area contributed by atoms with Crippen molar-refractivity contribution < 1.29 is 0 Å². The lowest BCUT2D eigenvalue weighted by Crippen LogP contribution is -2.47. The van der Waals surface area contributed by atoms with E-state index in [-0.39, 0.29) is 0 Å². The van der Waals surface area contributed by atoms with Crippen LogP contribution in [0.2, 0.25) is 0 Å². The molecule has 0 aromatic heterocycles. The van der Waals surface area contributed by atoms with Crippen LogP contribution in [-0.2, 0) is 0 Å². The van der Waals surface area contributed by atoms with Gasteiger partial charge in [0, 0.05) is 98.2 Å². The Morgan fingerprint density at radius 2 is 0.726 bits per heavy atom. The maximum Gasteiger partial charge on any atom is 0.0218 e. The fraction of sp³-hybridized carbons (Fsp3) is 1.00. The first-order valence-corrected chi connectivity index (χ1v) is 47.6. The molecule has 6 unspecified atom stereocenters. The molecule has 8 heteroatoms. The number of piperidine rings is 7. The zero-order valence-corrected chi connectivity index (χ0v) is 79.1. The third-order valence-corrected chi connectivity index (χ3v) is 27.4. The summed E-state index contributed by atoms with van der Waals surface area (Å²) in [6, 6.07) is 8.62. The molecule has 8 nitrogen and oxygen atoms in total. The van der Waals surface area contributed by atoms with Crippen LogP contribution in [0, 0.1) is 76.4 Å². The molecule has 106 heavy (non-hydrogen) atoms. The second-order valence-corrected chi connectivity index (χ2v) is 42.8. The van der Waals surface area contributed by atoms with Gasteiger partial charge in [0.15, 0.2) is 0 Å². The van der Waals surface area contributed by atoms with Gasteiger partial charge < -0.3 is 24.5 Å². The van der Waals surface area contributed by atoms with E-state index in [0.29, 0.717) is 11.0 Å². The van der Waals surface area contributed by atoms with Crippen LogP contribution in [0.25, 0.3) is 0 Å². The van der Waals surface area contributed by atoms with Crippen molar-refractivity contribution in [2.45, 2.75) is 480 Å². The fourth-order valence-corrected chi connectivity index (χ4v) is 20.6. The Morgan fingerprint density at radius 1 is 0.302 bits per heavy atom. The molecule has 0 spiro atoms. The van der Waals surface area contributed by atoms with Crippen LogP contribution in [0.5, 0.6) is 0 Å². The average molecular weight is 1490 g/mol. The van der Waals surface area contributed by atoms with Crippen molar-refractivity contribution in [2.24, 2.45) is 76.4 Å². The van der Waals surface area contributed by atoms with Gasteiger partial charge in [-0.2, -0.15) is 0 Å². The topological polar surface area (TPSA) is 25.9 Å². The molecule has 9 aliphatic heterocycles. The van der Waals surface area contributed by atoms with E-state index in [4.69, 9.17) is 0 Å². The molecule has 0 amide bonds. The summed E-state index contributed by atoms with van der Waals surface area (Å²) in [5.74, 6) is 10.8. The molecular formula is C98H202N8. The summed E-state index contributed by atoms with van der Waals surface area (Å²) in [6.45, 7) is 93.2. The Labute approximate surface area is 670 Å². The van der Waals surface area contributed by atoms with Gasteiger partial charge >= 0.3 is 0 Å². The van der Waals surface area contributed by atoms with Crippen molar-refractivity contribution in [3.8, 4) is 0 Å². The van der Waals surface area contributed by atoms with Gasteiger partial charge in [-0.15, -0.1) is 0 Å². The highest BCUT2D eigenvalue weighted by atomic mass is 15.3. The van der Waals surface area contributed by atoms with Gasteiger partial charge in [-0.05, 0) is 400 Å². The van der Waals surface area contributed by atoms with Crippen molar-refractivity contribution in [3.05, 3.63) is 0 Å². The Bertz CT molecular complexity index is 2060. The van der Waals surface area contributed by atoms with Crippen molar-refractivity contribution in [2.75, 3.05) is 78.5 Å². The molecule has 9 rings (SSSR count). The highest BCUT2D eigenvalue weighted by molar-refractivity contribution is 5.08. The quantitative estimate of drug-likeness (QED) is 0.0943. The lowest BCUT2D eigenvalue weighted by atomic mass is 9.73. The van der Waals surface area contributed by atoms with Crippen molar-refractivity contribution in [3.63, 3.8) is 0 Å². The summed E-state index contributed by atoms with van der Waals surface area (Å²) in [7, 11) is 0. The van der Waals surface area contributed by atoms with Gasteiger partial charge in [0.2, 0.25) is 0 Å². The molecule has 634 valence electrons. The van der Waals surface area contributed by atoms with E-state index in [2.05, 4.69) is 268 Å². The number of likely N-dealkylation sites (tertiary alicyclic amines) is 7. The van der Waals surface area contributed by atoms with E-state index in [0.717, 1.165) is 137 Å². The van der Waals surface area contributed by atoms with E-state index in [1.165, 1.54) is 258 Å². The minimum absolute atomic E-state index is 0.558. The first kappa shape index (κ1) is 102. The number of nitrogens with zero attached hydrogens (tertiary/aromatic N) is 8. The fourth-order valence-electron chi connectivity index (χ4n) is 20.6. The molecule has 0 aliphatic carbocycles. The first-order chi connectivity index (χ1) is 49.6. The standard InChI is InChI=1S/C13H25N.2C13H27N.4C12H25N.C11H23N/c1-10(2)9-13-7-5-12(6-8-13)14(13)11(3)4;1-11(2)7-8-13-6-5-9-14(10-13)12(3)4;1-11(2)8-9-13-7-5-6-10-14(13)12(3)4;1-10(2)12(5)7-6-8-13(9-12)11(3)4;1-10(2)9-12-5-7-13(8-6-12)11(3)4;1-10(2)8-12-6-5-7-13(9-12)11(3)4;1-10(2)9-12-7-5-6-8-13(12)11(3)4;1-9(2)11-6-5-7-12(8-11)10(3)4/h10-12H,5-9H2,1-4H3;2*11-13H,5-10H2,1-4H3;10-11H,6-9H2,1-5H3;3*10-12H,5-9H2,1-4H3;9-11H,5-8H2,1-4H3. The Balaban J connectivity index is 0.000000412. The second-order valence-electron chi connectivity index (χ2n) is 42.8. The molecule has 0 radical (unpaired) electrons. The molecule has 0 aromatic rings. The number of fused-ring (bicyclic) bond motifs is 2. The summed E-state index contributed by atoms with van der Waals surface area (Å²) in [6.07, 6.45) is 40.0. The minimum atomic E-state index is 0.558. The van der Waals surface area contributed by atoms with Crippen LogP contribution < -0.4 is 0 Å². The van der Waals surface area contributed by atoms with Gasteiger partial charge in [0.1, 0.15) is 0 Å². The van der Waals surface area contributed by atoms with E-state index in [1.54, 1.807) is 0 Å². The zero-order chi connectivity index (χ0) is 80.2. The summed E-state index contributed by atoms with van der Waals surface area (Å²) in [4.78, 5) is 21.4. The van der Waals surface area contributed by atoms with Gasteiger partial charge in [0.25, 0.3) is 0 Å². The molecule has 0 saturated carbocycles. The molecule has 9 saturated heterocycles. The molecule has 9 heterocycles. The highest BCUT2D eigenvalue weighted by Crippen LogP contribution is 2.51. The monoisotopic (exact) mass is 1490 g/mol. The molecule has 6 atom stereocenters. The predicted molar refractivity (Wildman–Crippen MR) is 478 cm³/mol. The van der Waals surface area contributed by atoms with Gasteiger partial charge in [-0.3, -0.25) is 14.7 Å². The van der Waals surface area contributed by atoms with E-state index >= 15 is 0 Å². The van der Waals surface area contributed by atoms with Gasteiger partial charge in [0.05, 0.1) is 0 Å². The largest absolute Gasteiger partial charge is 0.301 e. The second kappa shape index (κ2) is 53.8. The number of hydrogen-bond donors (Lipinski definition) is 0. The summed E-state index contributed by atoms with van der Waals surface area (Å²) >= 11 is 0. The van der Waals surface area contributed by atoms with Crippen LogP contribution in [-0.4, -0.2) is 190 Å². The van der Waals surface area contributed by atoms with E-state index in [1.807, 2.05) is 0 Å². The Kier molecular flexibility index (Phi) is 51.6. The molecule has 0 N–H and O–H groups in total. The van der Waals surface area contributed by atoms with Crippen LogP contribution in [0.1, 0.15) is 408 Å². The van der Waals surface area contributed by atoms with Gasteiger partial charge in [-0.1, -0.05) is 137 Å². The van der Waals surface area contributed by atoms with Crippen molar-refractivity contribution in [1.29, 1.82) is 0 Å². The van der Waals surface area contributed by atoms with Crippen LogP contribution in [0.15, 0.2) is 0 Å². The summed E-state index contributed by atoms with van der Waals surface area (Å²) in [5.41, 5.74) is 1.16. The van der Waals surface area contributed by atoms with E-state index in [9.17, 15) is 0 Å². The zero-order valence-electron chi connectivity index (χ0n) is 79.1. The van der Waals surface area contributed by atoms with E-state index < -0.39 is 0 Å². The minimum Gasteiger partial charge on any atom is -0.301 e. The predicted octanol–water partition coefficient (Wildman–Crippen LogP) is 26.2.